The Labute approximate surface area is 129 Å². The summed E-state index contributed by atoms with van der Waals surface area (Å²) in [4.78, 5) is 18.3. The minimum Gasteiger partial charge on any atom is -0.369 e. The van der Waals surface area contributed by atoms with Gasteiger partial charge in [-0.2, -0.15) is 0 Å². The molecule has 1 aromatic rings. The Bertz CT molecular complexity index is 597. The van der Waals surface area contributed by atoms with Crippen LogP contribution in [0.1, 0.15) is 25.3 Å². The Balaban J connectivity index is 1.71. The van der Waals surface area contributed by atoms with Crippen molar-refractivity contribution in [1.29, 1.82) is 0 Å². The van der Waals surface area contributed by atoms with E-state index in [0.29, 0.717) is 12.2 Å². The quantitative estimate of drug-likeness (QED) is 0.891. The summed E-state index contributed by atoms with van der Waals surface area (Å²) in [5.41, 5.74) is 4.92. The van der Waals surface area contributed by atoms with Crippen LogP contribution in [0.15, 0.2) is 24.3 Å². The maximum atomic E-state index is 14.3. The van der Waals surface area contributed by atoms with E-state index in [9.17, 15) is 9.18 Å². The Kier molecular flexibility index (Phi) is 4.29. The minimum absolute atomic E-state index is 0.105. The molecule has 2 heterocycles. The molecule has 3 rings (SSSR count). The smallest absolute Gasteiger partial charge is 0.216 e. The van der Waals surface area contributed by atoms with Gasteiger partial charge in [0.05, 0.1) is 17.9 Å². The predicted molar refractivity (Wildman–Crippen MR) is 82.5 cm³/mol. The average molecular weight is 305 g/mol. The highest BCUT2D eigenvalue weighted by molar-refractivity contribution is 5.73. The molecule has 2 aliphatic heterocycles. The van der Waals surface area contributed by atoms with Crippen molar-refractivity contribution in [1.82, 2.24) is 10.8 Å². The van der Waals surface area contributed by atoms with E-state index >= 15 is 0 Å². The SMILES string of the molecule is CC(=O)NCC1C=C(c2ccc(N3CCCC3)c(F)c2)NO1. The number of hydrogen-bond acceptors (Lipinski definition) is 4. The molecular weight excluding hydrogens is 285 g/mol. The first kappa shape index (κ1) is 14.8. The maximum Gasteiger partial charge on any atom is 0.216 e. The Morgan fingerprint density at radius 3 is 2.91 bits per heavy atom. The highest BCUT2D eigenvalue weighted by Gasteiger charge is 2.20. The number of hydroxylamine groups is 1. The molecular formula is C16H20FN3O2. The lowest BCUT2D eigenvalue weighted by Crippen LogP contribution is -2.30. The molecule has 0 spiro atoms. The van der Waals surface area contributed by atoms with E-state index in [-0.39, 0.29) is 17.8 Å². The second-order valence-electron chi connectivity index (χ2n) is 5.64. The fourth-order valence-electron chi connectivity index (χ4n) is 2.78. The summed E-state index contributed by atoms with van der Waals surface area (Å²) in [5, 5.41) is 2.69. The first-order valence-corrected chi connectivity index (χ1v) is 7.56. The Hall–Kier alpha value is -2.08. The van der Waals surface area contributed by atoms with Crippen molar-refractivity contribution in [3.05, 3.63) is 35.7 Å². The summed E-state index contributed by atoms with van der Waals surface area (Å²) in [6, 6.07) is 5.23. The lowest BCUT2D eigenvalue weighted by molar-refractivity contribution is -0.119. The molecule has 0 bridgehead atoms. The molecule has 6 heteroatoms. The van der Waals surface area contributed by atoms with E-state index in [1.165, 1.54) is 13.0 Å². The zero-order valence-corrected chi connectivity index (χ0v) is 12.6. The normalized spacial score (nSPS) is 20.7. The van der Waals surface area contributed by atoms with Crippen LogP contribution in [0.25, 0.3) is 5.70 Å². The molecule has 118 valence electrons. The maximum absolute atomic E-state index is 14.3. The molecule has 1 unspecified atom stereocenters. The van der Waals surface area contributed by atoms with E-state index < -0.39 is 0 Å². The molecule has 0 aliphatic carbocycles. The standard InChI is InChI=1S/C16H20FN3O2/c1-11(21)18-10-13-9-15(19-22-13)12-4-5-16(14(17)8-12)20-6-2-3-7-20/h4-5,8-9,13,19H,2-3,6-7,10H2,1H3,(H,18,21). The number of carbonyl (C=O) groups excluding carboxylic acids is 1. The number of nitrogens with one attached hydrogen (secondary N) is 2. The molecule has 0 saturated carbocycles. The van der Waals surface area contributed by atoms with E-state index in [0.717, 1.165) is 37.2 Å². The Morgan fingerprint density at radius 2 is 2.23 bits per heavy atom. The third-order valence-corrected chi connectivity index (χ3v) is 3.93. The number of halogens is 1. The second-order valence-corrected chi connectivity index (χ2v) is 5.64. The van der Waals surface area contributed by atoms with Crippen molar-refractivity contribution < 1.29 is 14.0 Å². The van der Waals surface area contributed by atoms with Crippen LogP contribution < -0.4 is 15.7 Å². The van der Waals surface area contributed by atoms with E-state index in [1.54, 1.807) is 0 Å². The van der Waals surface area contributed by atoms with E-state index in [2.05, 4.69) is 15.7 Å². The van der Waals surface area contributed by atoms with Crippen LogP contribution in [0.3, 0.4) is 0 Å². The summed E-state index contributed by atoms with van der Waals surface area (Å²) >= 11 is 0. The summed E-state index contributed by atoms with van der Waals surface area (Å²) in [6.07, 6.45) is 3.83. The van der Waals surface area contributed by atoms with Gasteiger partial charge in [-0.1, -0.05) is 6.07 Å². The highest BCUT2D eigenvalue weighted by atomic mass is 19.1. The predicted octanol–water partition coefficient (Wildman–Crippen LogP) is 1.81. The number of rotatable bonds is 4. The minimum atomic E-state index is -0.250. The molecule has 1 fully saturated rings. The van der Waals surface area contributed by atoms with Crippen molar-refractivity contribution in [2.45, 2.75) is 25.9 Å². The van der Waals surface area contributed by atoms with Gasteiger partial charge in [0.2, 0.25) is 5.91 Å². The van der Waals surface area contributed by atoms with Crippen LogP contribution in [0.4, 0.5) is 10.1 Å². The topological polar surface area (TPSA) is 53.6 Å². The zero-order chi connectivity index (χ0) is 15.5. The lowest BCUT2D eigenvalue weighted by atomic mass is 10.1. The number of hydrogen-bond donors (Lipinski definition) is 2. The monoisotopic (exact) mass is 305 g/mol. The largest absolute Gasteiger partial charge is 0.369 e. The van der Waals surface area contributed by atoms with Gasteiger partial charge in [0.1, 0.15) is 11.9 Å². The first-order valence-electron chi connectivity index (χ1n) is 7.56. The van der Waals surface area contributed by atoms with Gasteiger partial charge in [-0.05, 0) is 31.1 Å². The van der Waals surface area contributed by atoms with E-state index in [1.807, 2.05) is 18.2 Å². The number of amides is 1. The van der Waals surface area contributed by atoms with Crippen molar-refractivity contribution in [2.24, 2.45) is 0 Å². The van der Waals surface area contributed by atoms with Gasteiger partial charge in [0.25, 0.3) is 0 Å². The molecule has 2 N–H and O–H groups in total. The fraction of sp³-hybridized carbons (Fsp3) is 0.438. The van der Waals surface area contributed by atoms with Crippen LogP contribution in [-0.2, 0) is 9.63 Å². The van der Waals surface area contributed by atoms with Gasteiger partial charge in [-0.3, -0.25) is 15.1 Å². The molecule has 1 saturated heterocycles. The van der Waals surface area contributed by atoms with Gasteiger partial charge in [-0.15, -0.1) is 0 Å². The number of benzene rings is 1. The van der Waals surface area contributed by atoms with E-state index in [4.69, 9.17) is 4.84 Å². The molecule has 0 radical (unpaired) electrons. The lowest BCUT2D eigenvalue weighted by Gasteiger charge is -2.18. The molecule has 5 nitrogen and oxygen atoms in total. The molecule has 1 aromatic carbocycles. The fourth-order valence-corrected chi connectivity index (χ4v) is 2.78. The molecule has 1 atom stereocenters. The average Bonchev–Trinajstić information content (AvgIpc) is 3.16. The molecule has 2 aliphatic rings. The molecule has 1 amide bonds. The van der Waals surface area contributed by atoms with Crippen LogP contribution in [0.5, 0.6) is 0 Å². The number of carbonyl (C=O) groups is 1. The third-order valence-electron chi connectivity index (χ3n) is 3.93. The third kappa shape index (κ3) is 3.22. The van der Waals surface area contributed by atoms with Crippen LogP contribution in [0, 0.1) is 5.82 Å². The van der Waals surface area contributed by atoms with Crippen molar-refractivity contribution in [2.75, 3.05) is 24.5 Å². The summed E-state index contributed by atoms with van der Waals surface area (Å²) in [6.45, 7) is 3.68. The van der Waals surface area contributed by atoms with Gasteiger partial charge < -0.3 is 10.2 Å². The van der Waals surface area contributed by atoms with Gasteiger partial charge in [-0.25, -0.2) is 4.39 Å². The summed E-state index contributed by atoms with van der Waals surface area (Å²) < 4.78 is 14.3. The second kappa shape index (κ2) is 6.36. The van der Waals surface area contributed by atoms with Crippen LogP contribution in [0.2, 0.25) is 0 Å². The van der Waals surface area contributed by atoms with Crippen molar-refractivity contribution in [3.63, 3.8) is 0 Å². The Morgan fingerprint density at radius 1 is 1.45 bits per heavy atom. The van der Waals surface area contributed by atoms with Gasteiger partial charge in [0, 0.05) is 25.6 Å². The zero-order valence-electron chi connectivity index (χ0n) is 12.6. The summed E-state index contributed by atoms with van der Waals surface area (Å²) in [5.74, 6) is -0.320. The summed E-state index contributed by atoms with van der Waals surface area (Å²) in [7, 11) is 0. The number of anilines is 1. The molecule has 0 aromatic heterocycles. The van der Waals surface area contributed by atoms with Gasteiger partial charge >= 0.3 is 0 Å². The van der Waals surface area contributed by atoms with Crippen LogP contribution >= 0.6 is 0 Å². The first-order chi connectivity index (χ1) is 10.6. The number of nitrogens with zero attached hydrogens (tertiary/aromatic N) is 1. The van der Waals surface area contributed by atoms with Crippen LogP contribution in [-0.4, -0.2) is 31.6 Å². The van der Waals surface area contributed by atoms with Crippen molar-refractivity contribution >= 4 is 17.3 Å². The van der Waals surface area contributed by atoms with Gasteiger partial charge in [0.15, 0.2) is 0 Å². The highest BCUT2D eigenvalue weighted by Crippen LogP contribution is 2.27. The molecule has 22 heavy (non-hydrogen) atoms. The van der Waals surface area contributed by atoms with Crippen molar-refractivity contribution in [3.8, 4) is 0 Å².